The minimum Gasteiger partial charge on any atom is -0.508 e. The van der Waals surface area contributed by atoms with Crippen molar-refractivity contribution in [2.45, 2.75) is 26.9 Å². The molecule has 0 bridgehead atoms. The standard InChI is InChI=1S/C18H17N5O/c1-11-5-14(24)3-4-15(11)17-12(2)20-10-22-18(17)23-7-13-6-19-9-21-16(13)8-23/h3-6,9-10,24H,7-8H2,1-2H3. The van der Waals surface area contributed by atoms with Crippen LogP contribution >= 0.6 is 0 Å². The average molecular weight is 319 g/mol. The molecule has 3 heterocycles. The number of rotatable bonds is 2. The van der Waals surface area contributed by atoms with Crippen molar-refractivity contribution in [1.82, 2.24) is 19.9 Å². The van der Waals surface area contributed by atoms with Crippen molar-refractivity contribution in [3.8, 4) is 16.9 Å². The van der Waals surface area contributed by atoms with Gasteiger partial charge in [0.15, 0.2) is 0 Å². The number of hydrogen-bond donors (Lipinski definition) is 1. The SMILES string of the molecule is Cc1cc(O)ccc1-c1c(C)ncnc1N1Cc2cncnc2C1. The van der Waals surface area contributed by atoms with Crippen LogP contribution < -0.4 is 4.90 Å². The average Bonchev–Trinajstić information content (AvgIpc) is 2.99. The van der Waals surface area contributed by atoms with Crippen molar-refractivity contribution in [1.29, 1.82) is 0 Å². The lowest BCUT2D eigenvalue weighted by atomic mass is 9.99. The van der Waals surface area contributed by atoms with E-state index in [0.717, 1.165) is 46.0 Å². The third kappa shape index (κ3) is 2.36. The van der Waals surface area contributed by atoms with Gasteiger partial charge in [-0.2, -0.15) is 0 Å². The molecule has 6 heteroatoms. The van der Waals surface area contributed by atoms with E-state index >= 15 is 0 Å². The second-order valence-corrected chi connectivity index (χ2v) is 6.01. The summed E-state index contributed by atoms with van der Waals surface area (Å²) in [6.07, 6.45) is 5.04. The van der Waals surface area contributed by atoms with Crippen LogP contribution in [0.3, 0.4) is 0 Å². The van der Waals surface area contributed by atoms with E-state index in [2.05, 4.69) is 24.8 Å². The van der Waals surface area contributed by atoms with Crippen molar-refractivity contribution in [2.75, 3.05) is 4.90 Å². The van der Waals surface area contributed by atoms with Gasteiger partial charge < -0.3 is 10.0 Å². The number of aromatic nitrogens is 4. The first kappa shape index (κ1) is 14.6. The van der Waals surface area contributed by atoms with Crippen LogP contribution in [0.2, 0.25) is 0 Å². The molecule has 24 heavy (non-hydrogen) atoms. The quantitative estimate of drug-likeness (QED) is 0.783. The van der Waals surface area contributed by atoms with Crippen LogP contribution in [-0.2, 0) is 13.1 Å². The van der Waals surface area contributed by atoms with Gasteiger partial charge in [0.05, 0.1) is 17.9 Å². The van der Waals surface area contributed by atoms with Gasteiger partial charge >= 0.3 is 0 Å². The van der Waals surface area contributed by atoms with Crippen molar-refractivity contribution < 1.29 is 5.11 Å². The lowest BCUT2D eigenvalue weighted by molar-refractivity contribution is 0.475. The smallest absolute Gasteiger partial charge is 0.140 e. The lowest BCUT2D eigenvalue weighted by Crippen LogP contribution is -2.18. The van der Waals surface area contributed by atoms with E-state index in [4.69, 9.17) is 0 Å². The van der Waals surface area contributed by atoms with E-state index in [-0.39, 0.29) is 5.75 Å². The van der Waals surface area contributed by atoms with Gasteiger partial charge in [-0.3, -0.25) is 0 Å². The fourth-order valence-corrected chi connectivity index (χ4v) is 3.19. The molecule has 0 spiro atoms. The molecule has 0 amide bonds. The van der Waals surface area contributed by atoms with Crippen LogP contribution in [0, 0.1) is 13.8 Å². The van der Waals surface area contributed by atoms with Crippen molar-refractivity contribution in [2.24, 2.45) is 0 Å². The summed E-state index contributed by atoms with van der Waals surface area (Å²) in [5.41, 5.74) is 6.09. The van der Waals surface area contributed by atoms with Crippen molar-refractivity contribution in [3.63, 3.8) is 0 Å². The highest BCUT2D eigenvalue weighted by molar-refractivity contribution is 5.80. The number of hydrogen-bond acceptors (Lipinski definition) is 6. The zero-order valence-electron chi connectivity index (χ0n) is 13.6. The zero-order chi connectivity index (χ0) is 16.7. The topological polar surface area (TPSA) is 75.0 Å². The predicted octanol–water partition coefficient (Wildman–Crippen LogP) is 2.78. The van der Waals surface area contributed by atoms with Gasteiger partial charge in [0.1, 0.15) is 24.2 Å². The molecule has 0 fully saturated rings. The van der Waals surface area contributed by atoms with Gasteiger partial charge in [-0.05, 0) is 37.1 Å². The molecule has 1 N–H and O–H groups in total. The summed E-state index contributed by atoms with van der Waals surface area (Å²) in [5.74, 6) is 1.14. The molecule has 1 aromatic carbocycles. The molecule has 0 atom stereocenters. The minimum atomic E-state index is 0.260. The van der Waals surface area contributed by atoms with Crippen LogP contribution in [-0.4, -0.2) is 25.0 Å². The highest BCUT2D eigenvalue weighted by Gasteiger charge is 2.25. The zero-order valence-corrected chi connectivity index (χ0v) is 13.6. The van der Waals surface area contributed by atoms with E-state index in [1.54, 1.807) is 24.8 Å². The first-order valence-corrected chi connectivity index (χ1v) is 7.78. The van der Waals surface area contributed by atoms with E-state index in [9.17, 15) is 5.11 Å². The highest BCUT2D eigenvalue weighted by atomic mass is 16.3. The molecule has 0 saturated heterocycles. The summed E-state index contributed by atoms with van der Waals surface area (Å²) in [6.45, 7) is 5.40. The largest absolute Gasteiger partial charge is 0.508 e. The number of fused-ring (bicyclic) bond motifs is 1. The maximum atomic E-state index is 9.70. The number of aromatic hydroxyl groups is 1. The van der Waals surface area contributed by atoms with Crippen LogP contribution in [0.5, 0.6) is 5.75 Å². The van der Waals surface area contributed by atoms with Crippen molar-refractivity contribution >= 4 is 5.82 Å². The molecule has 4 rings (SSSR count). The Bertz CT molecular complexity index is 900. The second kappa shape index (κ2) is 5.56. The Morgan fingerprint density at radius 1 is 1.04 bits per heavy atom. The van der Waals surface area contributed by atoms with E-state index in [0.29, 0.717) is 6.54 Å². The molecule has 2 aromatic heterocycles. The van der Waals surface area contributed by atoms with Gasteiger partial charge in [0.25, 0.3) is 0 Å². The summed E-state index contributed by atoms with van der Waals surface area (Å²) in [5, 5.41) is 9.70. The molecular weight excluding hydrogens is 302 g/mol. The number of benzene rings is 1. The number of aryl methyl sites for hydroxylation is 2. The number of phenols is 1. The van der Waals surface area contributed by atoms with Gasteiger partial charge in [-0.15, -0.1) is 0 Å². The van der Waals surface area contributed by atoms with Crippen LogP contribution in [0.25, 0.3) is 11.1 Å². The summed E-state index contributed by atoms with van der Waals surface area (Å²) < 4.78 is 0. The van der Waals surface area contributed by atoms with Gasteiger partial charge in [0, 0.05) is 23.9 Å². The Morgan fingerprint density at radius 2 is 1.92 bits per heavy atom. The molecule has 0 radical (unpaired) electrons. The summed E-state index contributed by atoms with van der Waals surface area (Å²) in [7, 11) is 0. The maximum Gasteiger partial charge on any atom is 0.140 e. The summed E-state index contributed by atoms with van der Waals surface area (Å²) >= 11 is 0. The van der Waals surface area contributed by atoms with Gasteiger partial charge in [0.2, 0.25) is 0 Å². The van der Waals surface area contributed by atoms with Crippen LogP contribution in [0.15, 0.2) is 37.1 Å². The monoisotopic (exact) mass is 319 g/mol. The van der Waals surface area contributed by atoms with E-state index in [1.807, 2.05) is 26.1 Å². The molecule has 1 aliphatic rings. The Labute approximate surface area is 139 Å². The Kier molecular flexibility index (Phi) is 3.37. The fraction of sp³-hybridized carbons (Fsp3) is 0.222. The van der Waals surface area contributed by atoms with E-state index < -0.39 is 0 Å². The number of anilines is 1. The molecule has 0 saturated carbocycles. The Morgan fingerprint density at radius 3 is 2.71 bits per heavy atom. The predicted molar refractivity (Wildman–Crippen MR) is 90.5 cm³/mol. The molecule has 1 aliphatic heterocycles. The van der Waals surface area contributed by atoms with Gasteiger partial charge in [-0.25, -0.2) is 19.9 Å². The van der Waals surface area contributed by atoms with Gasteiger partial charge in [-0.1, -0.05) is 6.07 Å². The second-order valence-electron chi connectivity index (χ2n) is 6.01. The fourth-order valence-electron chi connectivity index (χ4n) is 3.19. The molecule has 0 unspecified atom stereocenters. The van der Waals surface area contributed by atoms with Crippen LogP contribution in [0.4, 0.5) is 5.82 Å². The van der Waals surface area contributed by atoms with Crippen molar-refractivity contribution in [3.05, 3.63) is 59.6 Å². The van der Waals surface area contributed by atoms with E-state index in [1.165, 1.54) is 0 Å². The molecule has 6 nitrogen and oxygen atoms in total. The normalized spacial score (nSPS) is 13.2. The first-order valence-electron chi connectivity index (χ1n) is 7.78. The third-order valence-electron chi connectivity index (χ3n) is 4.38. The molecule has 120 valence electrons. The molecular formula is C18H17N5O. The first-order chi connectivity index (χ1) is 11.6. The Hall–Kier alpha value is -3.02. The minimum absolute atomic E-state index is 0.260. The summed E-state index contributed by atoms with van der Waals surface area (Å²) in [6, 6.07) is 5.38. The summed E-state index contributed by atoms with van der Waals surface area (Å²) in [4.78, 5) is 19.6. The third-order valence-corrected chi connectivity index (χ3v) is 4.38. The number of nitrogens with zero attached hydrogens (tertiary/aromatic N) is 5. The maximum absolute atomic E-state index is 9.70. The number of phenolic OH excluding ortho intramolecular Hbond substituents is 1. The molecule has 0 aliphatic carbocycles. The van der Waals surface area contributed by atoms with Crippen LogP contribution in [0.1, 0.15) is 22.5 Å². The Balaban J connectivity index is 1.82. The lowest BCUT2D eigenvalue weighted by Gasteiger charge is -2.21. The molecule has 3 aromatic rings. The highest BCUT2D eigenvalue weighted by Crippen LogP contribution is 2.37.